The number of primary amides is 1. The van der Waals surface area contributed by atoms with E-state index in [2.05, 4.69) is 4.98 Å². The Morgan fingerprint density at radius 2 is 2.12 bits per heavy atom. The predicted octanol–water partition coefficient (Wildman–Crippen LogP) is 2.49. The molecule has 1 heterocycles. The molecule has 1 aromatic heterocycles. The molecule has 0 aliphatic heterocycles. The lowest BCUT2D eigenvalue weighted by atomic mass is 10.2. The highest BCUT2D eigenvalue weighted by molar-refractivity contribution is 6.36. The van der Waals surface area contributed by atoms with E-state index in [0.29, 0.717) is 27.1 Å². The van der Waals surface area contributed by atoms with Gasteiger partial charge in [0, 0.05) is 17.6 Å². The summed E-state index contributed by atoms with van der Waals surface area (Å²) in [5.74, 6) is 0.0387. The Labute approximate surface area is 108 Å². The molecule has 6 heteroatoms. The maximum atomic E-state index is 11.1. The van der Waals surface area contributed by atoms with Gasteiger partial charge in [0.25, 0.3) is 5.91 Å². The number of rotatable bonds is 2. The lowest BCUT2D eigenvalue weighted by molar-refractivity contribution is 0.0992. The second-order valence-corrected chi connectivity index (χ2v) is 4.36. The summed E-state index contributed by atoms with van der Waals surface area (Å²) in [6, 6.07) is 5.08. The van der Waals surface area contributed by atoms with Crippen molar-refractivity contribution in [2.75, 3.05) is 0 Å². The third kappa shape index (κ3) is 2.14. The van der Waals surface area contributed by atoms with Crippen LogP contribution in [0.2, 0.25) is 10.0 Å². The Morgan fingerprint density at radius 3 is 2.65 bits per heavy atom. The van der Waals surface area contributed by atoms with Crippen molar-refractivity contribution in [3.63, 3.8) is 0 Å². The van der Waals surface area contributed by atoms with Gasteiger partial charge in [-0.2, -0.15) is 0 Å². The molecule has 1 amide bonds. The summed E-state index contributed by atoms with van der Waals surface area (Å²) in [5, 5.41) is 1.02. The fourth-order valence-electron chi connectivity index (χ4n) is 1.56. The summed E-state index contributed by atoms with van der Waals surface area (Å²) in [6.07, 6.45) is 1.42. The zero-order valence-corrected chi connectivity index (χ0v) is 10.5. The molecule has 0 unspecified atom stereocenters. The number of benzene rings is 1. The Morgan fingerprint density at radius 1 is 1.41 bits per heavy atom. The van der Waals surface area contributed by atoms with E-state index in [1.165, 1.54) is 6.20 Å². The molecular formula is C11H9Cl2N3O. The highest BCUT2D eigenvalue weighted by Gasteiger charge is 2.14. The first kappa shape index (κ1) is 12.0. The van der Waals surface area contributed by atoms with Crippen molar-refractivity contribution in [3.05, 3.63) is 40.1 Å². The second kappa shape index (κ2) is 4.39. The number of amides is 1. The molecule has 17 heavy (non-hydrogen) atoms. The number of hydrogen-bond donors (Lipinski definition) is 1. The minimum absolute atomic E-state index is 0.325. The Balaban J connectivity index is 2.57. The first-order valence-electron chi connectivity index (χ1n) is 4.77. The molecule has 0 saturated heterocycles. The fourth-order valence-corrected chi connectivity index (χ4v) is 2.05. The Kier molecular flexibility index (Phi) is 3.09. The molecule has 2 N–H and O–H groups in total. The highest BCUT2D eigenvalue weighted by atomic mass is 35.5. The van der Waals surface area contributed by atoms with Crippen molar-refractivity contribution < 1.29 is 4.79 Å². The van der Waals surface area contributed by atoms with Crippen LogP contribution in [0.5, 0.6) is 0 Å². The molecule has 0 aliphatic rings. The van der Waals surface area contributed by atoms with Gasteiger partial charge in [0.2, 0.25) is 0 Å². The number of carbonyl (C=O) groups is 1. The summed E-state index contributed by atoms with van der Waals surface area (Å²) in [4.78, 5) is 15.2. The summed E-state index contributed by atoms with van der Waals surface area (Å²) in [7, 11) is 1.70. The van der Waals surface area contributed by atoms with Crippen molar-refractivity contribution >= 4 is 29.1 Å². The minimum Gasteiger partial charge on any atom is -0.364 e. The van der Waals surface area contributed by atoms with Crippen LogP contribution in [0.1, 0.15) is 10.5 Å². The van der Waals surface area contributed by atoms with E-state index in [0.717, 1.165) is 0 Å². The molecule has 0 fully saturated rings. The van der Waals surface area contributed by atoms with Crippen molar-refractivity contribution in [2.24, 2.45) is 12.8 Å². The molecule has 0 atom stereocenters. The fraction of sp³-hybridized carbons (Fsp3) is 0.0909. The quantitative estimate of drug-likeness (QED) is 0.911. The Hall–Kier alpha value is -1.52. The molecule has 0 bridgehead atoms. The van der Waals surface area contributed by atoms with Gasteiger partial charge in [-0.05, 0) is 18.2 Å². The van der Waals surface area contributed by atoms with Crippen LogP contribution in [0.15, 0.2) is 24.4 Å². The maximum Gasteiger partial charge on any atom is 0.266 e. The second-order valence-electron chi connectivity index (χ2n) is 3.51. The van der Waals surface area contributed by atoms with Gasteiger partial charge in [0.15, 0.2) is 0 Å². The Bertz CT molecular complexity index is 592. The SMILES string of the molecule is Cn1c(C(N)=O)cnc1-c1ccc(Cl)cc1Cl. The van der Waals surface area contributed by atoms with Crippen molar-refractivity contribution in [3.8, 4) is 11.4 Å². The summed E-state index contributed by atoms with van der Waals surface area (Å²) in [5.41, 5.74) is 6.24. The highest BCUT2D eigenvalue weighted by Crippen LogP contribution is 2.29. The molecule has 88 valence electrons. The summed E-state index contributed by atoms with van der Waals surface area (Å²) in [6.45, 7) is 0. The van der Waals surface area contributed by atoms with E-state index in [1.54, 1.807) is 29.8 Å². The third-order valence-electron chi connectivity index (χ3n) is 2.41. The lowest BCUT2D eigenvalue weighted by Crippen LogP contribution is -2.15. The number of hydrogen-bond acceptors (Lipinski definition) is 2. The smallest absolute Gasteiger partial charge is 0.266 e. The standard InChI is InChI=1S/C11H9Cl2N3O/c1-16-9(10(14)17)5-15-11(16)7-3-2-6(12)4-8(7)13/h2-5H,1H3,(H2,14,17). The van der Waals surface area contributed by atoms with Crippen LogP contribution in [0, 0.1) is 0 Å². The van der Waals surface area contributed by atoms with Gasteiger partial charge in [-0.3, -0.25) is 4.79 Å². The van der Waals surface area contributed by atoms with Crippen LogP contribution in [0.25, 0.3) is 11.4 Å². The van der Waals surface area contributed by atoms with Crippen molar-refractivity contribution in [1.29, 1.82) is 0 Å². The number of aromatic nitrogens is 2. The van der Waals surface area contributed by atoms with Crippen LogP contribution in [0.3, 0.4) is 0 Å². The van der Waals surface area contributed by atoms with Crippen molar-refractivity contribution in [2.45, 2.75) is 0 Å². The maximum absolute atomic E-state index is 11.1. The monoisotopic (exact) mass is 269 g/mol. The molecule has 2 rings (SSSR count). The average Bonchev–Trinajstić information content (AvgIpc) is 2.60. The van der Waals surface area contributed by atoms with E-state index in [4.69, 9.17) is 28.9 Å². The molecule has 0 saturated carbocycles. The number of nitrogens with two attached hydrogens (primary N) is 1. The number of imidazole rings is 1. The number of nitrogens with zero attached hydrogens (tertiary/aromatic N) is 2. The average molecular weight is 270 g/mol. The zero-order valence-electron chi connectivity index (χ0n) is 8.95. The van der Waals surface area contributed by atoms with E-state index >= 15 is 0 Å². The van der Waals surface area contributed by atoms with Gasteiger partial charge in [-0.1, -0.05) is 23.2 Å². The first-order chi connectivity index (χ1) is 8.00. The van der Waals surface area contributed by atoms with Crippen LogP contribution >= 0.6 is 23.2 Å². The van der Waals surface area contributed by atoms with Gasteiger partial charge in [-0.25, -0.2) is 4.98 Å². The predicted molar refractivity (Wildman–Crippen MR) is 67.2 cm³/mol. The first-order valence-corrected chi connectivity index (χ1v) is 5.53. The molecular weight excluding hydrogens is 261 g/mol. The molecule has 2 aromatic rings. The van der Waals surface area contributed by atoms with Crippen LogP contribution in [-0.4, -0.2) is 15.5 Å². The zero-order chi connectivity index (χ0) is 12.6. The number of carbonyl (C=O) groups excluding carboxylic acids is 1. The molecule has 0 aliphatic carbocycles. The molecule has 1 aromatic carbocycles. The van der Waals surface area contributed by atoms with Crippen LogP contribution in [0.4, 0.5) is 0 Å². The lowest BCUT2D eigenvalue weighted by Gasteiger charge is -2.06. The van der Waals surface area contributed by atoms with Gasteiger partial charge in [0.1, 0.15) is 11.5 Å². The van der Waals surface area contributed by atoms with Gasteiger partial charge < -0.3 is 10.3 Å². The van der Waals surface area contributed by atoms with E-state index in [-0.39, 0.29) is 0 Å². The summed E-state index contributed by atoms with van der Waals surface area (Å²) >= 11 is 11.9. The minimum atomic E-state index is -0.531. The largest absolute Gasteiger partial charge is 0.364 e. The van der Waals surface area contributed by atoms with E-state index in [1.807, 2.05) is 0 Å². The summed E-state index contributed by atoms with van der Waals surface area (Å²) < 4.78 is 1.59. The van der Waals surface area contributed by atoms with Crippen LogP contribution < -0.4 is 5.73 Å². The van der Waals surface area contributed by atoms with Crippen molar-refractivity contribution in [1.82, 2.24) is 9.55 Å². The molecule has 0 spiro atoms. The van der Waals surface area contributed by atoms with E-state index < -0.39 is 5.91 Å². The van der Waals surface area contributed by atoms with E-state index in [9.17, 15) is 4.79 Å². The molecule has 0 radical (unpaired) electrons. The van der Waals surface area contributed by atoms with Gasteiger partial charge >= 0.3 is 0 Å². The van der Waals surface area contributed by atoms with Crippen LogP contribution in [-0.2, 0) is 7.05 Å². The number of halogens is 2. The third-order valence-corrected chi connectivity index (χ3v) is 2.96. The topological polar surface area (TPSA) is 60.9 Å². The van der Waals surface area contributed by atoms with Gasteiger partial charge in [0.05, 0.1) is 11.2 Å². The normalized spacial score (nSPS) is 10.5. The van der Waals surface area contributed by atoms with Gasteiger partial charge in [-0.15, -0.1) is 0 Å². The molecule has 4 nitrogen and oxygen atoms in total.